The lowest BCUT2D eigenvalue weighted by Gasteiger charge is -2.13. The standard InChI is InChI=1S/C17H13BrFNO/c18-14-4-5-15(19)13(9-14)10-17(21)12-3-6-16-11(8-12)2-1-7-20-16/h1-9,17,21H,10H2. The van der Waals surface area contributed by atoms with E-state index in [0.29, 0.717) is 5.56 Å². The summed E-state index contributed by atoms with van der Waals surface area (Å²) in [5, 5.41) is 11.3. The molecule has 1 N–H and O–H groups in total. The fourth-order valence-electron chi connectivity index (χ4n) is 2.33. The van der Waals surface area contributed by atoms with Gasteiger partial charge >= 0.3 is 0 Å². The highest BCUT2D eigenvalue weighted by Crippen LogP contribution is 2.24. The van der Waals surface area contributed by atoms with E-state index in [1.807, 2.05) is 30.3 Å². The zero-order chi connectivity index (χ0) is 14.8. The van der Waals surface area contributed by atoms with Crippen LogP contribution in [0.15, 0.2) is 59.2 Å². The highest BCUT2D eigenvalue weighted by atomic mass is 79.9. The number of nitrogens with zero attached hydrogens (tertiary/aromatic N) is 1. The fraction of sp³-hybridized carbons (Fsp3) is 0.118. The van der Waals surface area contributed by atoms with Gasteiger partial charge in [0.1, 0.15) is 5.82 Å². The van der Waals surface area contributed by atoms with Gasteiger partial charge in [-0.1, -0.05) is 28.1 Å². The van der Waals surface area contributed by atoms with Crippen molar-refractivity contribution in [2.75, 3.05) is 0 Å². The molecule has 1 unspecified atom stereocenters. The molecule has 0 radical (unpaired) electrons. The van der Waals surface area contributed by atoms with Gasteiger partial charge in [-0.05, 0) is 47.5 Å². The second kappa shape index (κ2) is 5.92. The molecule has 0 aliphatic carbocycles. The van der Waals surface area contributed by atoms with Crippen LogP contribution in [0.2, 0.25) is 0 Å². The molecular weight excluding hydrogens is 333 g/mol. The Morgan fingerprint density at radius 3 is 2.86 bits per heavy atom. The number of hydrogen-bond acceptors (Lipinski definition) is 2. The number of rotatable bonds is 3. The molecule has 106 valence electrons. The molecular formula is C17H13BrFNO. The van der Waals surface area contributed by atoms with Gasteiger partial charge in [0.05, 0.1) is 11.6 Å². The molecule has 21 heavy (non-hydrogen) atoms. The van der Waals surface area contributed by atoms with Crippen molar-refractivity contribution in [3.63, 3.8) is 0 Å². The van der Waals surface area contributed by atoms with Gasteiger partial charge in [-0.15, -0.1) is 0 Å². The molecule has 2 nitrogen and oxygen atoms in total. The second-order valence-corrected chi connectivity index (χ2v) is 5.83. The molecule has 2 aromatic carbocycles. The molecule has 0 aliphatic heterocycles. The van der Waals surface area contributed by atoms with Crippen molar-refractivity contribution in [1.29, 1.82) is 0 Å². The summed E-state index contributed by atoms with van der Waals surface area (Å²) in [6.07, 6.45) is 1.21. The first-order chi connectivity index (χ1) is 10.1. The summed E-state index contributed by atoms with van der Waals surface area (Å²) in [5.74, 6) is -0.306. The van der Waals surface area contributed by atoms with Gasteiger partial charge in [-0.25, -0.2) is 4.39 Å². The third-order valence-electron chi connectivity index (χ3n) is 3.43. The van der Waals surface area contributed by atoms with E-state index in [0.717, 1.165) is 20.9 Å². The lowest BCUT2D eigenvalue weighted by atomic mass is 9.99. The van der Waals surface area contributed by atoms with Crippen molar-refractivity contribution in [3.05, 3.63) is 76.1 Å². The van der Waals surface area contributed by atoms with Crippen LogP contribution in [0, 0.1) is 5.82 Å². The SMILES string of the molecule is OC(Cc1cc(Br)ccc1F)c1ccc2ncccc2c1. The van der Waals surface area contributed by atoms with E-state index in [1.165, 1.54) is 6.07 Å². The Balaban J connectivity index is 1.89. The molecule has 1 atom stereocenters. The maximum absolute atomic E-state index is 13.8. The van der Waals surface area contributed by atoms with E-state index in [4.69, 9.17) is 0 Å². The topological polar surface area (TPSA) is 33.1 Å². The predicted molar refractivity (Wildman–Crippen MR) is 84.5 cm³/mol. The van der Waals surface area contributed by atoms with E-state index in [1.54, 1.807) is 18.3 Å². The molecule has 3 rings (SSSR count). The molecule has 4 heteroatoms. The number of aliphatic hydroxyl groups is 1. The van der Waals surface area contributed by atoms with Crippen LogP contribution in [0.1, 0.15) is 17.2 Å². The zero-order valence-electron chi connectivity index (χ0n) is 11.1. The van der Waals surface area contributed by atoms with E-state index in [2.05, 4.69) is 20.9 Å². The number of fused-ring (bicyclic) bond motifs is 1. The smallest absolute Gasteiger partial charge is 0.126 e. The Labute approximate surface area is 130 Å². The highest BCUT2D eigenvalue weighted by Gasteiger charge is 2.12. The molecule has 0 saturated heterocycles. The minimum atomic E-state index is -0.751. The van der Waals surface area contributed by atoms with Crippen LogP contribution in [-0.2, 0) is 6.42 Å². The Morgan fingerprint density at radius 1 is 1.14 bits per heavy atom. The highest BCUT2D eigenvalue weighted by molar-refractivity contribution is 9.10. The van der Waals surface area contributed by atoms with Crippen molar-refractivity contribution in [2.24, 2.45) is 0 Å². The summed E-state index contributed by atoms with van der Waals surface area (Å²) in [6.45, 7) is 0. The molecule has 1 aromatic heterocycles. The summed E-state index contributed by atoms with van der Waals surface area (Å²) in [5.41, 5.74) is 2.13. The van der Waals surface area contributed by atoms with Crippen LogP contribution in [0.3, 0.4) is 0 Å². The largest absolute Gasteiger partial charge is 0.388 e. The summed E-state index contributed by atoms with van der Waals surface area (Å²) < 4.78 is 14.6. The van der Waals surface area contributed by atoms with Crippen LogP contribution in [0.5, 0.6) is 0 Å². The molecule has 1 heterocycles. The number of aliphatic hydroxyl groups excluding tert-OH is 1. The monoisotopic (exact) mass is 345 g/mol. The second-order valence-electron chi connectivity index (χ2n) is 4.91. The number of halogens is 2. The molecule has 0 fully saturated rings. The maximum atomic E-state index is 13.8. The molecule has 3 aromatic rings. The van der Waals surface area contributed by atoms with Crippen molar-refractivity contribution < 1.29 is 9.50 Å². The first-order valence-electron chi connectivity index (χ1n) is 6.60. The average molecular weight is 346 g/mol. The van der Waals surface area contributed by atoms with Crippen LogP contribution in [-0.4, -0.2) is 10.1 Å². The zero-order valence-corrected chi connectivity index (χ0v) is 12.7. The number of pyridine rings is 1. The Hall–Kier alpha value is -1.78. The van der Waals surface area contributed by atoms with E-state index < -0.39 is 6.10 Å². The van der Waals surface area contributed by atoms with Gasteiger partial charge in [-0.3, -0.25) is 4.98 Å². The average Bonchev–Trinajstić information content (AvgIpc) is 2.50. The normalized spacial score (nSPS) is 12.5. The predicted octanol–water partition coefficient (Wildman–Crippen LogP) is 4.41. The third-order valence-corrected chi connectivity index (χ3v) is 3.93. The molecule has 0 spiro atoms. The first-order valence-corrected chi connectivity index (χ1v) is 7.39. The maximum Gasteiger partial charge on any atom is 0.126 e. The number of hydrogen-bond donors (Lipinski definition) is 1. The molecule has 0 saturated carbocycles. The fourth-order valence-corrected chi connectivity index (χ4v) is 2.74. The van der Waals surface area contributed by atoms with Crippen LogP contribution < -0.4 is 0 Å². The minimum Gasteiger partial charge on any atom is -0.388 e. The van der Waals surface area contributed by atoms with Crippen molar-refractivity contribution in [1.82, 2.24) is 4.98 Å². The molecule has 0 amide bonds. The lowest BCUT2D eigenvalue weighted by Crippen LogP contribution is -2.03. The minimum absolute atomic E-state index is 0.233. The van der Waals surface area contributed by atoms with E-state index in [-0.39, 0.29) is 12.2 Å². The first kappa shape index (κ1) is 14.2. The van der Waals surface area contributed by atoms with Crippen LogP contribution in [0.4, 0.5) is 4.39 Å². The van der Waals surface area contributed by atoms with Crippen molar-refractivity contribution >= 4 is 26.8 Å². The van der Waals surface area contributed by atoms with Crippen molar-refractivity contribution in [2.45, 2.75) is 12.5 Å². The third kappa shape index (κ3) is 3.12. The molecule has 0 bridgehead atoms. The van der Waals surface area contributed by atoms with E-state index in [9.17, 15) is 9.50 Å². The lowest BCUT2D eigenvalue weighted by molar-refractivity contribution is 0.177. The van der Waals surface area contributed by atoms with Crippen LogP contribution >= 0.6 is 15.9 Å². The van der Waals surface area contributed by atoms with Crippen LogP contribution in [0.25, 0.3) is 10.9 Å². The van der Waals surface area contributed by atoms with Crippen molar-refractivity contribution in [3.8, 4) is 0 Å². The van der Waals surface area contributed by atoms with Gasteiger partial charge in [0, 0.05) is 22.5 Å². The summed E-state index contributed by atoms with van der Waals surface area (Å²) in [7, 11) is 0. The quantitative estimate of drug-likeness (QED) is 0.762. The summed E-state index contributed by atoms with van der Waals surface area (Å²) >= 11 is 3.32. The van der Waals surface area contributed by atoms with Gasteiger partial charge in [0.2, 0.25) is 0 Å². The summed E-state index contributed by atoms with van der Waals surface area (Å²) in [6, 6.07) is 14.1. The van der Waals surface area contributed by atoms with Gasteiger partial charge in [0.15, 0.2) is 0 Å². The number of benzene rings is 2. The Morgan fingerprint density at radius 2 is 2.00 bits per heavy atom. The van der Waals surface area contributed by atoms with Gasteiger partial charge in [-0.2, -0.15) is 0 Å². The van der Waals surface area contributed by atoms with E-state index >= 15 is 0 Å². The summed E-state index contributed by atoms with van der Waals surface area (Å²) in [4.78, 5) is 4.24. The number of aromatic nitrogens is 1. The Kier molecular flexibility index (Phi) is 3.99. The van der Waals surface area contributed by atoms with Gasteiger partial charge in [0.25, 0.3) is 0 Å². The Bertz CT molecular complexity index is 791. The molecule has 0 aliphatic rings. The van der Waals surface area contributed by atoms with Gasteiger partial charge < -0.3 is 5.11 Å².